The number of rotatable bonds is 2. The second-order valence-electron chi connectivity index (χ2n) is 4.81. The highest BCUT2D eigenvalue weighted by atomic mass is 16.5. The molecule has 0 bridgehead atoms. The van der Waals surface area contributed by atoms with Crippen molar-refractivity contribution >= 4 is 22.6 Å². The second kappa shape index (κ2) is 5.79. The van der Waals surface area contributed by atoms with Crippen LogP contribution in [-0.2, 0) is 0 Å². The first-order valence-corrected chi connectivity index (χ1v) is 6.79. The Labute approximate surface area is 127 Å². The summed E-state index contributed by atoms with van der Waals surface area (Å²) in [6.07, 6.45) is 0. The number of hydrogen-bond donors (Lipinski definition) is 1. The largest absolute Gasteiger partial charge is 0.285 e. The third kappa shape index (κ3) is 2.47. The van der Waals surface area contributed by atoms with Crippen molar-refractivity contribution in [1.82, 2.24) is 5.06 Å². The molecule has 0 radical (unpaired) electrons. The molecule has 0 aliphatic rings. The van der Waals surface area contributed by atoms with E-state index in [4.69, 9.17) is 0 Å². The Kier molecular flexibility index (Phi) is 3.68. The summed E-state index contributed by atoms with van der Waals surface area (Å²) in [6.45, 7) is 0. The summed E-state index contributed by atoms with van der Waals surface area (Å²) in [5.74, 6) is -1.50. The van der Waals surface area contributed by atoms with E-state index in [2.05, 4.69) is 0 Å². The van der Waals surface area contributed by atoms with Gasteiger partial charge in [0.2, 0.25) is 0 Å². The number of benzene rings is 3. The number of amides is 2. The average molecular weight is 291 g/mol. The molecule has 4 heteroatoms. The Bertz CT molecular complexity index is 838. The molecule has 0 aliphatic carbocycles. The molecule has 0 saturated heterocycles. The molecule has 1 N–H and O–H groups in total. The Morgan fingerprint density at radius 3 is 2.14 bits per heavy atom. The van der Waals surface area contributed by atoms with Crippen molar-refractivity contribution in [2.24, 2.45) is 0 Å². The number of carbonyl (C=O) groups excluding carboxylic acids is 2. The summed E-state index contributed by atoms with van der Waals surface area (Å²) in [6, 6.07) is 20.7. The van der Waals surface area contributed by atoms with Gasteiger partial charge in [-0.1, -0.05) is 54.6 Å². The molecule has 0 fully saturated rings. The summed E-state index contributed by atoms with van der Waals surface area (Å²) in [4.78, 5) is 24.6. The van der Waals surface area contributed by atoms with Crippen LogP contribution < -0.4 is 0 Å². The molecule has 3 aromatic carbocycles. The normalized spacial score (nSPS) is 10.4. The number of hydroxylamine groups is 2. The first-order valence-electron chi connectivity index (χ1n) is 6.79. The van der Waals surface area contributed by atoms with E-state index in [0.717, 1.165) is 5.39 Å². The highest BCUT2D eigenvalue weighted by Crippen LogP contribution is 2.20. The van der Waals surface area contributed by atoms with Gasteiger partial charge in [-0.05, 0) is 29.0 Å². The van der Waals surface area contributed by atoms with E-state index < -0.39 is 11.8 Å². The van der Waals surface area contributed by atoms with Crippen molar-refractivity contribution in [2.75, 3.05) is 0 Å². The lowest BCUT2D eigenvalue weighted by Crippen LogP contribution is -2.33. The summed E-state index contributed by atoms with van der Waals surface area (Å²) in [5, 5.41) is 11.7. The molecular formula is C18H13NO3. The molecule has 0 saturated carbocycles. The lowest BCUT2D eigenvalue weighted by molar-refractivity contribution is -0.0370. The zero-order valence-corrected chi connectivity index (χ0v) is 11.6. The topological polar surface area (TPSA) is 57.6 Å². The van der Waals surface area contributed by atoms with Gasteiger partial charge >= 0.3 is 0 Å². The fraction of sp³-hybridized carbons (Fsp3) is 0. The van der Waals surface area contributed by atoms with Crippen LogP contribution in [0.25, 0.3) is 10.8 Å². The standard InChI is InChI=1S/C18H13NO3/c20-17(14-8-2-1-3-9-14)19(22)18(21)16-12-6-10-13-7-4-5-11-15(13)16/h1-12,22H. The van der Waals surface area contributed by atoms with Gasteiger partial charge in [-0.2, -0.15) is 0 Å². The number of fused-ring (bicyclic) bond motifs is 1. The van der Waals surface area contributed by atoms with E-state index in [1.165, 1.54) is 0 Å². The number of carbonyl (C=O) groups is 2. The molecule has 108 valence electrons. The molecule has 22 heavy (non-hydrogen) atoms. The molecule has 0 aromatic heterocycles. The fourth-order valence-corrected chi connectivity index (χ4v) is 2.32. The van der Waals surface area contributed by atoms with Gasteiger partial charge in [0.15, 0.2) is 0 Å². The molecule has 0 atom stereocenters. The Morgan fingerprint density at radius 2 is 1.36 bits per heavy atom. The minimum Gasteiger partial charge on any atom is -0.278 e. The van der Waals surface area contributed by atoms with Gasteiger partial charge in [-0.25, -0.2) is 0 Å². The smallest absolute Gasteiger partial charge is 0.278 e. The van der Waals surface area contributed by atoms with Gasteiger partial charge in [0, 0.05) is 5.56 Å². The maximum Gasteiger partial charge on any atom is 0.285 e. The molecule has 0 spiro atoms. The number of hydrogen-bond acceptors (Lipinski definition) is 3. The molecule has 2 amide bonds. The van der Waals surface area contributed by atoms with Crippen LogP contribution in [0.5, 0.6) is 0 Å². The Hall–Kier alpha value is -2.98. The third-order valence-corrected chi connectivity index (χ3v) is 3.43. The van der Waals surface area contributed by atoms with Crippen molar-refractivity contribution < 1.29 is 14.8 Å². The van der Waals surface area contributed by atoms with Crippen molar-refractivity contribution in [3.05, 3.63) is 83.9 Å². The molecule has 0 aliphatic heterocycles. The molecule has 0 unspecified atom stereocenters. The molecule has 4 nitrogen and oxygen atoms in total. The van der Waals surface area contributed by atoms with Gasteiger partial charge in [-0.3, -0.25) is 14.8 Å². The molecule has 3 rings (SSSR count). The van der Waals surface area contributed by atoms with Gasteiger partial charge < -0.3 is 0 Å². The minimum atomic E-state index is -0.751. The Morgan fingerprint density at radius 1 is 0.727 bits per heavy atom. The van der Waals surface area contributed by atoms with Crippen LogP contribution in [0.15, 0.2) is 72.8 Å². The fourth-order valence-electron chi connectivity index (χ4n) is 2.32. The maximum atomic E-state index is 12.4. The van der Waals surface area contributed by atoms with E-state index in [1.54, 1.807) is 54.6 Å². The van der Waals surface area contributed by atoms with Crippen LogP contribution in [0, 0.1) is 0 Å². The molecular weight excluding hydrogens is 278 g/mol. The summed E-state index contributed by atoms with van der Waals surface area (Å²) < 4.78 is 0. The van der Waals surface area contributed by atoms with Crippen LogP contribution >= 0.6 is 0 Å². The van der Waals surface area contributed by atoms with Gasteiger partial charge in [0.1, 0.15) is 0 Å². The maximum absolute atomic E-state index is 12.4. The van der Waals surface area contributed by atoms with E-state index >= 15 is 0 Å². The van der Waals surface area contributed by atoms with E-state index in [0.29, 0.717) is 5.39 Å². The van der Waals surface area contributed by atoms with E-state index in [-0.39, 0.29) is 16.2 Å². The average Bonchev–Trinajstić information content (AvgIpc) is 2.60. The predicted octanol–water partition coefficient (Wildman–Crippen LogP) is 3.51. The van der Waals surface area contributed by atoms with Crippen LogP contribution in [-0.4, -0.2) is 22.1 Å². The van der Waals surface area contributed by atoms with Crippen LogP contribution in [0.1, 0.15) is 20.7 Å². The quantitative estimate of drug-likeness (QED) is 0.446. The monoisotopic (exact) mass is 291 g/mol. The lowest BCUT2D eigenvalue weighted by atomic mass is 10.0. The SMILES string of the molecule is O=C(c1ccccc1)N(O)C(=O)c1cccc2ccccc12. The third-order valence-electron chi connectivity index (χ3n) is 3.43. The number of nitrogens with zero attached hydrogens (tertiary/aromatic N) is 1. The lowest BCUT2D eigenvalue weighted by Gasteiger charge is -2.14. The number of imide groups is 1. The van der Waals surface area contributed by atoms with E-state index in [1.807, 2.05) is 18.2 Å². The van der Waals surface area contributed by atoms with Crippen LogP contribution in [0.3, 0.4) is 0 Å². The summed E-state index contributed by atoms with van der Waals surface area (Å²) >= 11 is 0. The van der Waals surface area contributed by atoms with Gasteiger partial charge in [0.05, 0.1) is 5.56 Å². The Balaban J connectivity index is 1.97. The van der Waals surface area contributed by atoms with Crippen molar-refractivity contribution in [3.8, 4) is 0 Å². The van der Waals surface area contributed by atoms with Crippen molar-refractivity contribution in [1.29, 1.82) is 0 Å². The molecule has 3 aromatic rings. The van der Waals surface area contributed by atoms with Crippen LogP contribution in [0.2, 0.25) is 0 Å². The first-order chi connectivity index (χ1) is 10.7. The first kappa shape index (κ1) is 14.0. The molecule has 0 heterocycles. The minimum absolute atomic E-state index is 0.164. The second-order valence-corrected chi connectivity index (χ2v) is 4.81. The van der Waals surface area contributed by atoms with Gasteiger partial charge in [0.25, 0.3) is 11.8 Å². The highest BCUT2D eigenvalue weighted by Gasteiger charge is 2.23. The van der Waals surface area contributed by atoms with E-state index in [9.17, 15) is 14.8 Å². The summed E-state index contributed by atoms with van der Waals surface area (Å²) in [7, 11) is 0. The van der Waals surface area contributed by atoms with Gasteiger partial charge in [-0.15, -0.1) is 5.06 Å². The summed E-state index contributed by atoms with van der Waals surface area (Å²) in [5.41, 5.74) is 0.531. The predicted molar refractivity (Wildman–Crippen MR) is 82.7 cm³/mol. The zero-order valence-electron chi connectivity index (χ0n) is 11.6. The zero-order chi connectivity index (χ0) is 15.5. The highest BCUT2D eigenvalue weighted by molar-refractivity contribution is 6.14. The van der Waals surface area contributed by atoms with Crippen molar-refractivity contribution in [2.45, 2.75) is 0 Å². The van der Waals surface area contributed by atoms with Crippen LogP contribution in [0.4, 0.5) is 0 Å². The van der Waals surface area contributed by atoms with Crippen molar-refractivity contribution in [3.63, 3.8) is 0 Å².